The third kappa shape index (κ3) is 4.60. The number of hydrogen-bond donors (Lipinski definition) is 0. The van der Waals surface area contributed by atoms with E-state index < -0.39 is 0 Å². The van der Waals surface area contributed by atoms with Crippen molar-refractivity contribution in [2.75, 3.05) is 0 Å². The molecule has 9 aromatic rings. The van der Waals surface area contributed by atoms with Crippen LogP contribution in [-0.4, -0.2) is 19.9 Å². The van der Waals surface area contributed by atoms with E-state index in [0.717, 1.165) is 60.8 Å². The first-order valence-corrected chi connectivity index (χ1v) is 15.1. The molecule has 6 aromatic carbocycles. The molecule has 0 saturated heterocycles. The van der Waals surface area contributed by atoms with Crippen molar-refractivity contribution in [3.63, 3.8) is 0 Å². The highest BCUT2D eigenvalue weighted by Crippen LogP contribution is 2.36. The highest BCUT2D eigenvalue weighted by atomic mass is 16.4. The van der Waals surface area contributed by atoms with E-state index in [1.54, 1.807) is 0 Å². The molecular formula is C40H24N4O2. The van der Waals surface area contributed by atoms with E-state index >= 15 is 0 Å². The van der Waals surface area contributed by atoms with Crippen molar-refractivity contribution in [3.8, 4) is 56.7 Å². The van der Waals surface area contributed by atoms with Gasteiger partial charge in [0.1, 0.15) is 16.7 Å². The quantitative estimate of drug-likeness (QED) is 0.198. The fourth-order valence-electron chi connectivity index (χ4n) is 5.83. The Kier molecular flexibility index (Phi) is 6.03. The Balaban J connectivity index is 1.14. The Morgan fingerprint density at radius 1 is 0.326 bits per heavy atom. The molecule has 0 aliphatic heterocycles. The number of oxazole rings is 1. The van der Waals surface area contributed by atoms with Gasteiger partial charge >= 0.3 is 0 Å². The summed E-state index contributed by atoms with van der Waals surface area (Å²) >= 11 is 0. The zero-order chi connectivity index (χ0) is 30.5. The van der Waals surface area contributed by atoms with Crippen LogP contribution >= 0.6 is 0 Å². The summed E-state index contributed by atoms with van der Waals surface area (Å²) in [6, 6.07) is 48.5. The topological polar surface area (TPSA) is 77.8 Å². The second-order valence-electron chi connectivity index (χ2n) is 11.1. The molecule has 216 valence electrons. The molecule has 0 N–H and O–H groups in total. The summed E-state index contributed by atoms with van der Waals surface area (Å²) in [4.78, 5) is 19.5. The lowest BCUT2D eigenvalue weighted by Gasteiger charge is -2.09. The number of fused-ring (bicyclic) bond motifs is 4. The van der Waals surface area contributed by atoms with Gasteiger partial charge < -0.3 is 8.83 Å². The Labute approximate surface area is 263 Å². The molecule has 0 unspecified atom stereocenters. The van der Waals surface area contributed by atoms with Gasteiger partial charge in [-0.1, -0.05) is 109 Å². The van der Waals surface area contributed by atoms with Crippen LogP contribution in [0.2, 0.25) is 0 Å². The third-order valence-corrected chi connectivity index (χ3v) is 8.18. The maximum Gasteiger partial charge on any atom is 0.227 e. The zero-order valence-corrected chi connectivity index (χ0v) is 24.5. The standard InChI is InChI=1S/C40H24N4O2/c1-4-10-25(11-5-1)26-16-18-28(19-17-26)38-42-37(27-12-6-2-7-13-27)43-39(44-38)30-20-21-31-32-23-33-36(24-35(32)45-34(31)22-30)46-40(41-33)29-14-8-3-9-15-29/h1-24H. The van der Waals surface area contributed by atoms with Gasteiger partial charge in [0.15, 0.2) is 23.1 Å². The minimum absolute atomic E-state index is 0.571. The Hall–Kier alpha value is -6.40. The van der Waals surface area contributed by atoms with Gasteiger partial charge in [-0.25, -0.2) is 19.9 Å². The maximum atomic E-state index is 6.36. The molecule has 0 amide bonds. The largest absolute Gasteiger partial charge is 0.456 e. The van der Waals surface area contributed by atoms with Crippen LogP contribution in [0, 0.1) is 0 Å². The van der Waals surface area contributed by atoms with Crippen molar-refractivity contribution >= 4 is 33.0 Å². The molecule has 0 spiro atoms. The molecule has 0 bridgehead atoms. The SMILES string of the molecule is c1ccc(-c2ccc(-c3nc(-c4ccccc4)nc(-c4ccc5c(c4)oc4cc6oc(-c7ccccc7)nc6cc45)n3)cc2)cc1. The molecule has 0 aliphatic carbocycles. The number of aromatic nitrogens is 4. The maximum absolute atomic E-state index is 6.36. The molecule has 3 aromatic heterocycles. The van der Waals surface area contributed by atoms with Crippen LogP contribution in [0.15, 0.2) is 154 Å². The number of furan rings is 1. The molecule has 0 fully saturated rings. The van der Waals surface area contributed by atoms with Crippen molar-refractivity contribution in [3.05, 3.63) is 146 Å². The van der Waals surface area contributed by atoms with Gasteiger partial charge in [-0.2, -0.15) is 0 Å². The summed E-state index contributed by atoms with van der Waals surface area (Å²) < 4.78 is 12.5. The van der Waals surface area contributed by atoms with Gasteiger partial charge in [0, 0.05) is 39.1 Å². The summed E-state index contributed by atoms with van der Waals surface area (Å²) in [7, 11) is 0. The van der Waals surface area contributed by atoms with Crippen LogP contribution in [0.4, 0.5) is 0 Å². The zero-order valence-electron chi connectivity index (χ0n) is 24.5. The van der Waals surface area contributed by atoms with E-state index in [-0.39, 0.29) is 0 Å². The molecule has 46 heavy (non-hydrogen) atoms. The van der Waals surface area contributed by atoms with Gasteiger partial charge in [-0.3, -0.25) is 0 Å². The van der Waals surface area contributed by atoms with Crippen LogP contribution < -0.4 is 0 Å². The van der Waals surface area contributed by atoms with E-state index in [2.05, 4.69) is 42.5 Å². The molecule has 3 heterocycles. The predicted octanol–water partition coefficient (Wildman–Crippen LogP) is 10.2. The monoisotopic (exact) mass is 592 g/mol. The first-order chi connectivity index (χ1) is 22.7. The van der Waals surface area contributed by atoms with Crippen LogP contribution in [0.25, 0.3) is 89.8 Å². The lowest BCUT2D eigenvalue weighted by atomic mass is 10.0. The second kappa shape index (κ2) is 10.6. The number of nitrogens with zero attached hydrogens (tertiary/aromatic N) is 4. The van der Waals surface area contributed by atoms with Crippen molar-refractivity contribution in [1.82, 2.24) is 19.9 Å². The average molecular weight is 593 g/mol. The molecule has 0 saturated carbocycles. The first-order valence-electron chi connectivity index (χ1n) is 15.1. The Bertz CT molecular complexity index is 2500. The molecule has 6 nitrogen and oxygen atoms in total. The summed E-state index contributed by atoms with van der Waals surface area (Å²) in [6.07, 6.45) is 0. The fraction of sp³-hybridized carbons (Fsp3) is 0. The lowest BCUT2D eigenvalue weighted by molar-refractivity contribution is 0.617. The summed E-state index contributed by atoms with van der Waals surface area (Å²) in [5.41, 5.74) is 8.83. The van der Waals surface area contributed by atoms with Gasteiger partial charge in [-0.15, -0.1) is 0 Å². The van der Waals surface area contributed by atoms with Crippen LogP contribution in [0.1, 0.15) is 0 Å². The third-order valence-electron chi connectivity index (χ3n) is 8.18. The number of hydrogen-bond acceptors (Lipinski definition) is 6. The Morgan fingerprint density at radius 2 is 0.826 bits per heavy atom. The van der Waals surface area contributed by atoms with E-state index in [1.807, 2.05) is 103 Å². The van der Waals surface area contributed by atoms with Crippen LogP contribution in [0.5, 0.6) is 0 Å². The summed E-state index contributed by atoms with van der Waals surface area (Å²) in [5.74, 6) is 2.37. The van der Waals surface area contributed by atoms with Crippen molar-refractivity contribution < 1.29 is 8.83 Å². The first kappa shape index (κ1) is 26.0. The van der Waals surface area contributed by atoms with Gasteiger partial charge in [0.05, 0.1) is 0 Å². The van der Waals surface area contributed by atoms with Crippen molar-refractivity contribution in [2.24, 2.45) is 0 Å². The van der Waals surface area contributed by atoms with Crippen LogP contribution in [0.3, 0.4) is 0 Å². The summed E-state index contributed by atoms with van der Waals surface area (Å²) in [5, 5.41) is 1.96. The molecule has 0 aliphatic rings. The molecule has 0 radical (unpaired) electrons. The summed E-state index contributed by atoms with van der Waals surface area (Å²) in [6.45, 7) is 0. The average Bonchev–Trinajstić information content (AvgIpc) is 3.71. The van der Waals surface area contributed by atoms with E-state index in [0.29, 0.717) is 28.9 Å². The number of rotatable bonds is 5. The van der Waals surface area contributed by atoms with Crippen molar-refractivity contribution in [1.29, 1.82) is 0 Å². The van der Waals surface area contributed by atoms with Crippen molar-refractivity contribution in [2.45, 2.75) is 0 Å². The minimum Gasteiger partial charge on any atom is -0.456 e. The molecule has 0 atom stereocenters. The van der Waals surface area contributed by atoms with Gasteiger partial charge in [0.25, 0.3) is 0 Å². The highest BCUT2D eigenvalue weighted by molar-refractivity contribution is 6.09. The second-order valence-corrected chi connectivity index (χ2v) is 11.1. The lowest BCUT2D eigenvalue weighted by Crippen LogP contribution is -2.00. The number of benzene rings is 6. The molecule has 9 rings (SSSR count). The molecule has 6 heteroatoms. The predicted molar refractivity (Wildman–Crippen MR) is 182 cm³/mol. The van der Waals surface area contributed by atoms with Gasteiger partial charge in [-0.05, 0) is 41.5 Å². The van der Waals surface area contributed by atoms with Gasteiger partial charge in [0.2, 0.25) is 5.89 Å². The Morgan fingerprint density at radius 3 is 1.50 bits per heavy atom. The fourth-order valence-corrected chi connectivity index (χ4v) is 5.83. The van der Waals surface area contributed by atoms with Crippen LogP contribution in [-0.2, 0) is 0 Å². The van der Waals surface area contributed by atoms with E-state index in [1.165, 1.54) is 0 Å². The van der Waals surface area contributed by atoms with E-state index in [9.17, 15) is 0 Å². The smallest absolute Gasteiger partial charge is 0.227 e. The van der Waals surface area contributed by atoms with E-state index in [4.69, 9.17) is 28.8 Å². The minimum atomic E-state index is 0.571. The highest BCUT2D eigenvalue weighted by Gasteiger charge is 2.17. The normalized spacial score (nSPS) is 11.5. The molecular weight excluding hydrogens is 568 g/mol.